The molecule has 0 aromatic heterocycles. The molecule has 3 atom stereocenters. The first-order chi connectivity index (χ1) is 19.2. The summed E-state index contributed by atoms with van der Waals surface area (Å²) in [5, 5.41) is 2.76. The number of amidine groups is 1. The van der Waals surface area contributed by atoms with E-state index < -0.39 is 7.92 Å². The van der Waals surface area contributed by atoms with Crippen LogP contribution in [0, 0.1) is 0 Å². The number of benzene rings is 4. The van der Waals surface area contributed by atoms with E-state index in [1.807, 2.05) is 17.0 Å². The van der Waals surface area contributed by atoms with Gasteiger partial charge in [-0.2, -0.15) is 0 Å². The number of nitrogens with zero attached hydrogens (tertiary/aromatic N) is 2. The van der Waals surface area contributed by atoms with E-state index in [0.29, 0.717) is 5.66 Å². The fraction of sp³-hybridized carbons (Fsp3) is 0.257. The molecule has 39 heavy (non-hydrogen) atoms. The maximum absolute atomic E-state index is 13.5. The molecule has 1 aliphatic carbocycles. The Labute approximate surface area is 233 Å². The zero-order valence-electron chi connectivity index (χ0n) is 22.5. The van der Waals surface area contributed by atoms with Gasteiger partial charge in [0.25, 0.3) is 0 Å². The Morgan fingerprint density at radius 2 is 1.28 bits per heavy atom. The third-order valence-electron chi connectivity index (χ3n) is 8.07. The minimum absolute atomic E-state index is 0.0255. The predicted octanol–water partition coefficient (Wildman–Crippen LogP) is 7.54. The van der Waals surface area contributed by atoms with Gasteiger partial charge in [0.15, 0.2) is 0 Å². The first kappa shape index (κ1) is 25.7. The summed E-state index contributed by atoms with van der Waals surface area (Å²) in [6, 6.07) is 40.3. The van der Waals surface area contributed by atoms with Crippen LogP contribution in [0.1, 0.15) is 67.8 Å². The van der Waals surface area contributed by atoms with Gasteiger partial charge in [-0.1, -0.05) is 135 Å². The molecule has 4 heteroatoms. The van der Waals surface area contributed by atoms with Gasteiger partial charge in [0, 0.05) is 12.5 Å². The van der Waals surface area contributed by atoms with Crippen molar-refractivity contribution in [3.05, 3.63) is 132 Å². The normalized spacial score (nSPS) is 20.4. The maximum atomic E-state index is 13.5. The van der Waals surface area contributed by atoms with Gasteiger partial charge < -0.3 is 0 Å². The summed E-state index contributed by atoms with van der Waals surface area (Å²) in [6.45, 7) is 1.68. The lowest BCUT2D eigenvalue weighted by Gasteiger charge is -2.34. The molecule has 2 aliphatic rings. The van der Waals surface area contributed by atoms with Crippen molar-refractivity contribution in [3.8, 4) is 0 Å². The summed E-state index contributed by atoms with van der Waals surface area (Å²) in [4.78, 5) is 20.9. The summed E-state index contributed by atoms with van der Waals surface area (Å²) in [6.07, 6.45) is 6.45. The first-order valence-corrected chi connectivity index (χ1v) is 15.5. The predicted molar refractivity (Wildman–Crippen MR) is 163 cm³/mol. The van der Waals surface area contributed by atoms with Crippen molar-refractivity contribution < 1.29 is 4.79 Å². The third kappa shape index (κ3) is 5.21. The quantitative estimate of drug-likeness (QED) is 0.237. The van der Waals surface area contributed by atoms with E-state index in [0.717, 1.165) is 22.5 Å². The highest BCUT2D eigenvalue weighted by Gasteiger charge is 2.42. The highest BCUT2D eigenvalue weighted by Crippen LogP contribution is 2.49. The van der Waals surface area contributed by atoms with Crippen LogP contribution in [0.5, 0.6) is 0 Å². The Hall–Kier alpha value is -3.55. The van der Waals surface area contributed by atoms with Crippen molar-refractivity contribution in [2.75, 3.05) is 0 Å². The SMILES string of the molecule is CC(=O)N1C(c2ccccc2P(c2ccccc2)C2CCCCC2)=N[C@@H](c2ccccc2)[C@@H]1c1ccccc1. The van der Waals surface area contributed by atoms with Crippen molar-refractivity contribution in [2.45, 2.75) is 56.8 Å². The van der Waals surface area contributed by atoms with Crippen LogP contribution < -0.4 is 10.6 Å². The lowest BCUT2D eigenvalue weighted by atomic mass is 9.93. The zero-order chi connectivity index (χ0) is 26.6. The van der Waals surface area contributed by atoms with Gasteiger partial charge in [-0.3, -0.25) is 14.7 Å². The Balaban J connectivity index is 1.52. The van der Waals surface area contributed by atoms with Gasteiger partial charge in [-0.25, -0.2) is 0 Å². The van der Waals surface area contributed by atoms with Gasteiger partial charge in [0.05, 0.1) is 6.04 Å². The standard InChI is InChI=1S/C35H35N2OP/c1-26(38)37-34(28-18-8-3-9-19-28)33(27-16-6-2-7-17-27)36-35(37)31-24-14-15-25-32(31)39(29-20-10-4-11-21-29)30-22-12-5-13-23-30/h2-4,6-11,14-21,24-25,30,33-34H,5,12-13,22-23H2,1H3/t33-,34-,39?/m0/s1. The molecule has 0 bridgehead atoms. The van der Waals surface area contributed by atoms with Crippen LogP contribution in [0.4, 0.5) is 0 Å². The van der Waals surface area contributed by atoms with E-state index in [1.165, 1.54) is 42.7 Å². The number of carbonyl (C=O) groups is 1. The van der Waals surface area contributed by atoms with Crippen LogP contribution in [0.25, 0.3) is 0 Å². The molecule has 4 aromatic carbocycles. The Kier molecular flexibility index (Phi) is 7.70. The molecular formula is C35H35N2OP. The summed E-state index contributed by atoms with van der Waals surface area (Å²) < 4.78 is 0. The molecule has 196 valence electrons. The van der Waals surface area contributed by atoms with E-state index >= 15 is 0 Å². The Morgan fingerprint density at radius 1 is 0.718 bits per heavy atom. The molecule has 1 aliphatic heterocycles. The monoisotopic (exact) mass is 530 g/mol. The number of carbonyl (C=O) groups excluding carboxylic acids is 1. The number of rotatable bonds is 6. The van der Waals surface area contributed by atoms with Crippen LogP contribution in [-0.2, 0) is 4.79 Å². The number of hydrogen-bond donors (Lipinski definition) is 0. The average molecular weight is 531 g/mol. The summed E-state index contributed by atoms with van der Waals surface area (Å²) in [7, 11) is -0.600. The number of amides is 1. The van der Waals surface area contributed by atoms with E-state index in [2.05, 4.69) is 103 Å². The van der Waals surface area contributed by atoms with Crippen LogP contribution in [0.3, 0.4) is 0 Å². The summed E-state index contributed by atoms with van der Waals surface area (Å²) in [5.74, 6) is 0.831. The fourth-order valence-corrected chi connectivity index (χ4v) is 9.47. The minimum Gasteiger partial charge on any atom is -0.287 e. The van der Waals surface area contributed by atoms with Crippen LogP contribution in [0.15, 0.2) is 120 Å². The van der Waals surface area contributed by atoms with Gasteiger partial charge in [0.2, 0.25) is 5.91 Å². The highest BCUT2D eigenvalue weighted by molar-refractivity contribution is 7.73. The second-order valence-corrected chi connectivity index (χ2v) is 13.0. The molecule has 3 nitrogen and oxygen atoms in total. The topological polar surface area (TPSA) is 32.7 Å². The van der Waals surface area contributed by atoms with E-state index in [4.69, 9.17) is 4.99 Å². The molecule has 1 saturated carbocycles. The second kappa shape index (κ2) is 11.7. The van der Waals surface area contributed by atoms with Gasteiger partial charge in [-0.15, -0.1) is 0 Å². The van der Waals surface area contributed by atoms with Crippen molar-refractivity contribution in [2.24, 2.45) is 4.99 Å². The van der Waals surface area contributed by atoms with E-state index in [9.17, 15) is 4.79 Å². The summed E-state index contributed by atoms with van der Waals surface area (Å²) in [5.41, 5.74) is 3.98. The second-order valence-electron chi connectivity index (χ2n) is 10.6. The number of hydrogen-bond acceptors (Lipinski definition) is 2. The van der Waals surface area contributed by atoms with Crippen molar-refractivity contribution in [3.63, 3.8) is 0 Å². The van der Waals surface area contributed by atoms with Crippen LogP contribution in [0.2, 0.25) is 0 Å². The lowest BCUT2D eigenvalue weighted by molar-refractivity contribution is -0.126. The largest absolute Gasteiger partial charge is 0.287 e. The van der Waals surface area contributed by atoms with Crippen molar-refractivity contribution in [1.29, 1.82) is 0 Å². The average Bonchev–Trinajstić information content (AvgIpc) is 3.41. The van der Waals surface area contributed by atoms with Gasteiger partial charge in [0.1, 0.15) is 11.9 Å². The van der Waals surface area contributed by atoms with E-state index in [-0.39, 0.29) is 18.0 Å². The maximum Gasteiger partial charge on any atom is 0.225 e. The highest BCUT2D eigenvalue weighted by atomic mass is 31.1. The molecule has 1 unspecified atom stereocenters. The van der Waals surface area contributed by atoms with E-state index in [1.54, 1.807) is 6.92 Å². The first-order valence-electron chi connectivity index (χ1n) is 14.1. The number of aliphatic imine (C=N–C) groups is 1. The van der Waals surface area contributed by atoms with Crippen molar-refractivity contribution in [1.82, 2.24) is 4.90 Å². The van der Waals surface area contributed by atoms with Crippen molar-refractivity contribution >= 4 is 30.3 Å². The smallest absolute Gasteiger partial charge is 0.225 e. The van der Waals surface area contributed by atoms with Gasteiger partial charge >= 0.3 is 0 Å². The molecule has 4 aromatic rings. The summed E-state index contributed by atoms with van der Waals surface area (Å²) >= 11 is 0. The molecule has 1 fully saturated rings. The zero-order valence-corrected chi connectivity index (χ0v) is 23.4. The molecule has 0 spiro atoms. The molecule has 0 N–H and O–H groups in total. The fourth-order valence-electron chi connectivity index (χ4n) is 6.32. The molecule has 0 saturated heterocycles. The van der Waals surface area contributed by atoms with Crippen LogP contribution in [-0.4, -0.2) is 22.3 Å². The Bertz CT molecular complexity index is 1430. The Morgan fingerprint density at radius 3 is 1.92 bits per heavy atom. The third-order valence-corrected chi connectivity index (χ3v) is 11.1. The molecule has 1 heterocycles. The lowest BCUT2D eigenvalue weighted by Crippen LogP contribution is -2.38. The van der Waals surface area contributed by atoms with Gasteiger partial charge in [-0.05, 0) is 48.2 Å². The molecular weight excluding hydrogens is 495 g/mol. The molecule has 6 rings (SSSR count). The minimum atomic E-state index is -0.600. The van der Waals surface area contributed by atoms with Crippen LogP contribution >= 0.6 is 7.92 Å². The molecule has 0 radical (unpaired) electrons. The molecule has 1 amide bonds.